The number of para-hydroxylation sites is 1. The lowest BCUT2D eigenvalue weighted by Gasteiger charge is -2.24. The summed E-state index contributed by atoms with van der Waals surface area (Å²) in [5.74, 6) is -2.50. The highest BCUT2D eigenvalue weighted by atomic mass is 32.1. The van der Waals surface area contributed by atoms with Gasteiger partial charge in [0.2, 0.25) is 23.5 Å². The van der Waals surface area contributed by atoms with Crippen LogP contribution in [-0.2, 0) is 14.4 Å². The zero-order chi connectivity index (χ0) is 34.9. The van der Waals surface area contributed by atoms with E-state index < -0.39 is 41.9 Å². The normalized spacial score (nSPS) is 13.3. The third-order valence-corrected chi connectivity index (χ3v) is 7.77. The first-order chi connectivity index (χ1) is 22.3. The van der Waals surface area contributed by atoms with Gasteiger partial charge in [0.15, 0.2) is 22.9 Å². The molecular weight excluding hydrogens is 628 g/mol. The molecule has 1 aromatic carbocycles. The Labute approximate surface area is 276 Å². The summed E-state index contributed by atoms with van der Waals surface area (Å²) >= 11 is 1.21. The topological polar surface area (TPSA) is 336 Å². The number of guanidine groups is 3. The summed E-state index contributed by atoms with van der Waals surface area (Å²) in [5, 5.41) is 8.20. The summed E-state index contributed by atoms with van der Waals surface area (Å²) in [6.07, 6.45) is 1.78. The van der Waals surface area contributed by atoms with Crippen LogP contribution in [0.15, 0.2) is 39.2 Å². The van der Waals surface area contributed by atoms with Crippen LogP contribution in [0, 0.1) is 0 Å². The molecule has 0 unspecified atom stereocenters. The number of hydrogen-bond donors (Lipinski definition) is 10. The molecule has 47 heavy (non-hydrogen) atoms. The molecule has 0 aliphatic heterocycles. The number of thiazole rings is 1. The number of nitrogens with one attached hydrogen (secondary N) is 3. The van der Waals surface area contributed by atoms with Gasteiger partial charge in [0.1, 0.15) is 12.1 Å². The van der Waals surface area contributed by atoms with E-state index in [0.717, 1.165) is 4.70 Å². The number of hydrogen-bond acceptors (Lipinski definition) is 10. The predicted molar refractivity (Wildman–Crippen MR) is 183 cm³/mol. The maximum absolute atomic E-state index is 13.5. The van der Waals surface area contributed by atoms with Crippen molar-refractivity contribution >= 4 is 62.9 Å². The Morgan fingerprint density at radius 3 is 1.79 bits per heavy atom. The molecule has 0 saturated carbocycles. The van der Waals surface area contributed by atoms with Crippen LogP contribution in [0.4, 0.5) is 0 Å². The lowest BCUT2D eigenvalue weighted by Crippen LogP contribution is -2.56. The fourth-order valence-corrected chi connectivity index (χ4v) is 5.24. The second kappa shape index (κ2) is 19.5. The molecule has 18 nitrogen and oxygen atoms in total. The van der Waals surface area contributed by atoms with Crippen molar-refractivity contribution in [1.29, 1.82) is 0 Å². The second-order valence-corrected chi connectivity index (χ2v) is 11.7. The number of fused-ring (bicyclic) bond motifs is 1. The number of aromatic nitrogens is 1. The summed E-state index contributed by atoms with van der Waals surface area (Å²) in [5.41, 5.74) is 38.9. The van der Waals surface area contributed by atoms with Gasteiger partial charge in [-0.05, 0) is 57.6 Å². The molecule has 0 spiro atoms. The monoisotopic (exact) mass is 674 g/mol. The van der Waals surface area contributed by atoms with E-state index in [1.165, 1.54) is 18.3 Å². The number of ketones is 1. The van der Waals surface area contributed by atoms with E-state index in [1.807, 2.05) is 18.2 Å². The van der Waals surface area contributed by atoms with Crippen molar-refractivity contribution in [2.75, 3.05) is 19.6 Å². The van der Waals surface area contributed by atoms with Crippen molar-refractivity contribution in [3.63, 3.8) is 0 Å². The molecule has 2 rings (SSSR count). The number of amides is 3. The average Bonchev–Trinajstić information content (AvgIpc) is 3.45. The maximum atomic E-state index is 13.5. The van der Waals surface area contributed by atoms with Gasteiger partial charge in [-0.2, -0.15) is 0 Å². The number of Topliss-reactive ketones (excluding diaryl/α,β-unsaturated/α-hetero) is 1. The lowest BCUT2D eigenvalue weighted by atomic mass is 10.1. The summed E-state index contributed by atoms with van der Waals surface area (Å²) in [6.45, 7) is 2.19. The molecule has 17 N–H and O–H groups in total. The van der Waals surface area contributed by atoms with Crippen LogP contribution in [0.5, 0.6) is 0 Å². The standard InChI is InChI=1S/C28H46N14O4S/c1-15(39-24(46)19(10-6-14-38-28(34)35)41-23(45)16(29)7-4-12-36-26(30)31)22(44)40-18(9-5-13-37-27(32)33)21(43)25-42-17-8-2-3-11-20(17)47-25/h2-3,8,11,15-16,18-19H,4-7,9-10,12-14,29H2,1H3,(H,39,46)(H,40,44)(H,41,45)(H4,30,31,36)(H4,32,33,37)(H4,34,35,38)/t15-,16-,18-,19-/m0/s1. The van der Waals surface area contributed by atoms with E-state index in [2.05, 4.69) is 35.9 Å². The predicted octanol–water partition coefficient (Wildman–Crippen LogP) is -2.56. The highest BCUT2D eigenvalue weighted by molar-refractivity contribution is 7.20. The van der Waals surface area contributed by atoms with E-state index in [4.69, 9.17) is 40.1 Å². The molecule has 2 aromatic rings. The van der Waals surface area contributed by atoms with Crippen LogP contribution in [0.2, 0.25) is 0 Å². The van der Waals surface area contributed by atoms with Gasteiger partial charge in [-0.25, -0.2) is 4.98 Å². The second-order valence-electron chi connectivity index (χ2n) is 10.7. The Hall–Kier alpha value is -5.04. The molecule has 19 heteroatoms. The van der Waals surface area contributed by atoms with E-state index >= 15 is 0 Å². The number of nitrogens with zero attached hydrogens (tertiary/aromatic N) is 4. The maximum Gasteiger partial charge on any atom is 0.243 e. The number of carbonyl (C=O) groups is 4. The first-order valence-electron chi connectivity index (χ1n) is 15.0. The van der Waals surface area contributed by atoms with Crippen LogP contribution in [-0.4, -0.2) is 90.2 Å². The van der Waals surface area contributed by atoms with Gasteiger partial charge < -0.3 is 56.1 Å². The molecule has 258 valence electrons. The first kappa shape index (κ1) is 38.1. The highest BCUT2D eigenvalue weighted by Gasteiger charge is 2.29. The van der Waals surface area contributed by atoms with Crippen LogP contribution >= 0.6 is 11.3 Å². The van der Waals surface area contributed by atoms with Crippen LogP contribution in [0.1, 0.15) is 55.3 Å². The van der Waals surface area contributed by atoms with Gasteiger partial charge in [0.05, 0.1) is 22.3 Å². The van der Waals surface area contributed by atoms with Crippen LogP contribution in [0.3, 0.4) is 0 Å². The van der Waals surface area contributed by atoms with E-state index in [0.29, 0.717) is 24.8 Å². The Morgan fingerprint density at radius 2 is 1.23 bits per heavy atom. The van der Waals surface area contributed by atoms with Crippen molar-refractivity contribution in [2.24, 2.45) is 55.1 Å². The average molecular weight is 675 g/mol. The van der Waals surface area contributed by atoms with Gasteiger partial charge >= 0.3 is 0 Å². The molecule has 0 fully saturated rings. The van der Waals surface area contributed by atoms with E-state index in [1.54, 1.807) is 6.07 Å². The largest absolute Gasteiger partial charge is 0.370 e. The first-order valence-corrected chi connectivity index (χ1v) is 15.8. The molecule has 1 aromatic heterocycles. The van der Waals surface area contributed by atoms with Crippen molar-refractivity contribution in [3.8, 4) is 0 Å². The highest BCUT2D eigenvalue weighted by Crippen LogP contribution is 2.23. The lowest BCUT2D eigenvalue weighted by molar-refractivity contribution is -0.132. The minimum absolute atomic E-state index is 0.0722. The number of nitrogens with two attached hydrogens (primary N) is 7. The molecule has 0 saturated heterocycles. The number of carbonyl (C=O) groups excluding carboxylic acids is 4. The molecule has 0 aliphatic rings. The van der Waals surface area contributed by atoms with E-state index in [-0.39, 0.29) is 67.6 Å². The molecule has 1 heterocycles. The smallest absolute Gasteiger partial charge is 0.243 e. The van der Waals surface area contributed by atoms with E-state index in [9.17, 15) is 19.2 Å². The quantitative estimate of drug-likeness (QED) is 0.0300. The Bertz CT molecular complexity index is 1410. The summed E-state index contributed by atoms with van der Waals surface area (Å²) in [7, 11) is 0. The summed E-state index contributed by atoms with van der Waals surface area (Å²) in [4.78, 5) is 69.0. The third kappa shape index (κ3) is 13.9. The minimum Gasteiger partial charge on any atom is -0.370 e. The molecule has 0 aliphatic carbocycles. The zero-order valence-corrected chi connectivity index (χ0v) is 27.2. The van der Waals surface area contributed by atoms with Crippen LogP contribution < -0.4 is 56.1 Å². The van der Waals surface area contributed by atoms with Crippen LogP contribution in [0.25, 0.3) is 10.2 Å². The van der Waals surface area contributed by atoms with Gasteiger partial charge in [-0.3, -0.25) is 34.2 Å². The molecule has 3 amide bonds. The number of rotatable bonds is 20. The van der Waals surface area contributed by atoms with Gasteiger partial charge in [-0.15, -0.1) is 11.3 Å². The fraction of sp³-hybridized carbons (Fsp3) is 0.500. The summed E-state index contributed by atoms with van der Waals surface area (Å²) < 4.78 is 0.823. The van der Waals surface area contributed by atoms with Crippen molar-refractivity contribution in [1.82, 2.24) is 20.9 Å². The van der Waals surface area contributed by atoms with Crippen molar-refractivity contribution < 1.29 is 19.2 Å². The SMILES string of the molecule is C[C@H](NC(=O)[C@H](CCCN=C(N)N)NC(=O)[C@@H](N)CCCN=C(N)N)C(=O)N[C@@H](CCCN=C(N)N)C(=O)c1nc2ccccc2s1. The Morgan fingerprint density at radius 1 is 0.723 bits per heavy atom. The minimum atomic E-state index is -1.09. The van der Waals surface area contributed by atoms with Gasteiger partial charge in [0.25, 0.3) is 0 Å². The van der Waals surface area contributed by atoms with Gasteiger partial charge in [-0.1, -0.05) is 12.1 Å². The molecule has 0 bridgehead atoms. The fourth-order valence-electron chi connectivity index (χ4n) is 4.28. The van der Waals surface area contributed by atoms with Crippen molar-refractivity contribution in [3.05, 3.63) is 29.3 Å². The number of benzene rings is 1. The third-order valence-electron chi connectivity index (χ3n) is 6.72. The molecule has 4 atom stereocenters. The molecule has 0 radical (unpaired) electrons. The Balaban J connectivity index is 2.12. The number of aliphatic imine (C=N–C) groups is 3. The van der Waals surface area contributed by atoms with Gasteiger partial charge in [0, 0.05) is 19.6 Å². The van der Waals surface area contributed by atoms with Crippen molar-refractivity contribution in [2.45, 2.75) is 69.6 Å². The summed E-state index contributed by atoms with van der Waals surface area (Å²) in [6, 6.07) is 3.24. The Kier molecular flexibility index (Phi) is 15.8. The molecular formula is C28H46N14O4S. The zero-order valence-electron chi connectivity index (χ0n) is 26.4.